The third-order valence-corrected chi connectivity index (χ3v) is 3.25. The zero-order valence-corrected chi connectivity index (χ0v) is 12.7. The first kappa shape index (κ1) is 15.3. The Kier molecular flexibility index (Phi) is 4.75. The molecule has 0 aliphatic heterocycles. The topological polar surface area (TPSA) is 46.5 Å². The van der Waals surface area contributed by atoms with E-state index in [1.54, 1.807) is 37.3 Å². The smallest absolute Gasteiger partial charge is 0.328 e. The molecule has 2 aromatic rings. The van der Waals surface area contributed by atoms with Gasteiger partial charge in [0.1, 0.15) is 5.75 Å². The molecule has 0 bridgehead atoms. The maximum absolute atomic E-state index is 14.0. The number of benzene rings is 2. The molecule has 0 fully saturated rings. The fourth-order valence-electron chi connectivity index (χ4n) is 1.71. The summed E-state index contributed by atoms with van der Waals surface area (Å²) in [6, 6.07) is 9.96. The average Bonchev–Trinajstić information content (AvgIpc) is 2.43. The minimum atomic E-state index is -1.06. The summed E-state index contributed by atoms with van der Waals surface area (Å²) in [6.45, 7) is 1.65. The van der Waals surface area contributed by atoms with Crippen molar-refractivity contribution >= 4 is 28.0 Å². The lowest BCUT2D eigenvalue weighted by Gasteiger charge is -2.11. The Morgan fingerprint density at radius 1 is 1.29 bits per heavy atom. The van der Waals surface area contributed by atoms with Crippen molar-refractivity contribution < 1.29 is 19.0 Å². The summed E-state index contributed by atoms with van der Waals surface area (Å²) < 4.78 is 20.3. The van der Waals surface area contributed by atoms with E-state index in [-0.39, 0.29) is 5.75 Å². The highest BCUT2D eigenvalue weighted by Gasteiger charge is 2.10. The standard InChI is InChI=1S/C16H12BrFO3/c1-10-3-2-4-13(16(10)18)21-14-9-12(17)7-5-11(14)6-8-15(19)20/h2-9H,1H3,(H,19,20)/b8-6+. The molecule has 3 nitrogen and oxygen atoms in total. The van der Waals surface area contributed by atoms with Crippen molar-refractivity contribution in [2.75, 3.05) is 0 Å². The molecular weight excluding hydrogens is 339 g/mol. The van der Waals surface area contributed by atoms with Gasteiger partial charge in [0.2, 0.25) is 0 Å². The van der Waals surface area contributed by atoms with E-state index in [0.717, 1.165) is 10.5 Å². The molecule has 0 unspecified atom stereocenters. The first-order valence-electron chi connectivity index (χ1n) is 6.11. The van der Waals surface area contributed by atoms with Crippen molar-refractivity contribution in [2.24, 2.45) is 0 Å². The van der Waals surface area contributed by atoms with Crippen molar-refractivity contribution in [2.45, 2.75) is 6.92 Å². The van der Waals surface area contributed by atoms with Gasteiger partial charge >= 0.3 is 5.97 Å². The fourth-order valence-corrected chi connectivity index (χ4v) is 2.05. The summed E-state index contributed by atoms with van der Waals surface area (Å²) in [5.74, 6) is -1.04. The van der Waals surface area contributed by atoms with Crippen LogP contribution in [0.3, 0.4) is 0 Å². The molecule has 5 heteroatoms. The number of aryl methyl sites for hydroxylation is 1. The molecule has 0 aromatic heterocycles. The molecule has 0 spiro atoms. The van der Waals surface area contributed by atoms with Gasteiger partial charge in [-0.05, 0) is 36.8 Å². The zero-order chi connectivity index (χ0) is 15.4. The number of ether oxygens (including phenoxy) is 1. The van der Waals surface area contributed by atoms with Gasteiger partial charge in [0, 0.05) is 16.1 Å². The van der Waals surface area contributed by atoms with Gasteiger partial charge in [-0.2, -0.15) is 0 Å². The number of aliphatic carboxylic acids is 1. The fraction of sp³-hybridized carbons (Fsp3) is 0.0625. The summed E-state index contributed by atoms with van der Waals surface area (Å²) in [5, 5.41) is 8.69. The number of hydrogen-bond donors (Lipinski definition) is 1. The summed E-state index contributed by atoms with van der Waals surface area (Å²) >= 11 is 3.31. The number of carboxylic acid groups (broad SMARTS) is 1. The highest BCUT2D eigenvalue weighted by molar-refractivity contribution is 9.10. The largest absolute Gasteiger partial charge is 0.478 e. The van der Waals surface area contributed by atoms with E-state index in [0.29, 0.717) is 16.9 Å². The van der Waals surface area contributed by atoms with Crippen LogP contribution >= 0.6 is 15.9 Å². The van der Waals surface area contributed by atoms with Crippen LogP contribution in [-0.4, -0.2) is 11.1 Å². The first-order valence-corrected chi connectivity index (χ1v) is 6.90. The van der Waals surface area contributed by atoms with E-state index in [1.165, 1.54) is 12.1 Å². The van der Waals surface area contributed by atoms with E-state index in [2.05, 4.69) is 15.9 Å². The molecule has 108 valence electrons. The summed E-state index contributed by atoms with van der Waals surface area (Å²) in [7, 11) is 0. The van der Waals surface area contributed by atoms with Crippen LogP contribution in [0.1, 0.15) is 11.1 Å². The summed E-state index contributed by atoms with van der Waals surface area (Å²) in [5.41, 5.74) is 1.02. The van der Waals surface area contributed by atoms with E-state index < -0.39 is 11.8 Å². The second-order valence-corrected chi connectivity index (χ2v) is 5.26. The molecule has 1 N–H and O–H groups in total. The van der Waals surface area contributed by atoms with Gasteiger partial charge < -0.3 is 9.84 Å². The van der Waals surface area contributed by atoms with Crippen LogP contribution < -0.4 is 4.74 Å². The van der Waals surface area contributed by atoms with Crippen LogP contribution in [0.4, 0.5) is 4.39 Å². The lowest BCUT2D eigenvalue weighted by molar-refractivity contribution is -0.131. The lowest BCUT2D eigenvalue weighted by Crippen LogP contribution is -1.93. The van der Waals surface area contributed by atoms with Crippen molar-refractivity contribution in [3.8, 4) is 11.5 Å². The van der Waals surface area contributed by atoms with Crippen LogP contribution in [0.25, 0.3) is 6.08 Å². The van der Waals surface area contributed by atoms with Crippen molar-refractivity contribution in [1.82, 2.24) is 0 Å². The Hall–Kier alpha value is -2.14. The molecule has 0 amide bonds. The molecule has 2 aromatic carbocycles. The SMILES string of the molecule is Cc1cccc(Oc2cc(Br)ccc2/C=C/C(=O)O)c1F. The third kappa shape index (κ3) is 3.92. The van der Waals surface area contributed by atoms with Crippen LogP contribution in [0.2, 0.25) is 0 Å². The minimum absolute atomic E-state index is 0.0954. The Morgan fingerprint density at radius 2 is 2.05 bits per heavy atom. The quantitative estimate of drug-likeness (QED) is 0.806. The Labute approximate surface area is 129 Å². The molecule has 0 aliphatic carbocycles. The van der Waals surface area contributed by atoms with Crippen LogP contribution in [0.5, 0.6) is 11.5 Å². The Morgan fingerprint density at radius 3 is 2.76 bits per heavy atom. The maximum atomic E-state index is 14.0. The Bertz CT molecular complexity index is 711. The number of halogens is 2. The van der Waals surface area contributed by atoms with Gasteiger partial charge in [-0.15, -0.1) is 0 Å². The number of carbonyl (C=O) groups is 1. The van der Waals surface area contributed by atoms with Gasteiger partial charge in [-0.3, -0.25) is 0 Å². The Balaban J connectivity index is 2.40. The number of carboxylic acids is 1. The highest BCUT2D eigenvalue weighted by atomic mass is 79.9. The highest BCUT2D eigenvalue weighted by Crippen LogP contribution is 2.31. The van der Waals surface area contributed by atoms with Crippen LogP contribution in [0, 0.1) is 12.7 Å². The van der Waals surface area contributed by atoms with E-state index in [9.17, 15) is 9.18 Å². The molecule has 2 rings (SSSR count). The van der Waals surface area contributed by atoms with Crippen LogP contribution in [0.15, 0.2) is 46.9 Å². The normalized spacial score (nSPS) is 10.8. The van der Waals surface area contributed by atoms with Gasteiger partial charge in [0.05, 0.1) is 0 Å². The monoisotopic (exact) mass is 350 g/mol. The second-order valence-electron chi connectivity index (χ2n) is 4.34. The van der Waals surface area contributed by atoms with Crippen LogP contribution in [-0.2, 0) is 4.79 Å². The van der Waals surface area contributed by atoms with E-state index in [1.807, 2.05) is 0 Å². The van der Waals surface area contributed by atoms with E-state index in [4.69, 9.17) is 9.84 Å². The van der Waals surface area contributed by atoms with Crippen molar-refractivity contribution in [3.63, 3.8) is 0 Å². The molecule has 0 radical (unpaired) electrons. The molecule has 0 aliphatic rings. The predicted octanol–water partition coefficient (Wildman–Crippen LogP) is 4.79. The second kappa shape index (κ2) is 6.54. The van der Waals surface area contributed by atoms with Gasteiger partial charge in [0.15, 0.2) is 11.6 Å². The lowest BCUT2D eigenvalue weighted by atomic mass is 10.2. The van der Waals surface area contributed by atoms with Crippen molar-refractivity contribution in [1.29, 1.82) is 0 Å². The zero-order valence-electron chi connectivity index (χ0n) is 11.1. The number of rotatable bonds is 4. The van der Waals surface area contributed by atoms with Crippen molar-refractivity contribution in [3.05, 3.63) is 63.9 Å². The molecule has 0 heterocycles. The molecular formula is C16H12BrFO3. The molecule has 0 atom stereocenters. The minimum Gasteiger partial charge on any atom is -0.478 e. The summed E-state index contributed by atoms with van der Waals surface area (Å²) in [4.78, 5) is 10.6. The third-order valence-electron chi connectivity index (χ3n) is 2.76. The number of hydrogen-bond acceptors (Lipinski definition) is 2. The molecule has 21 heavy (non-hydrogen) atoms. The molecule has 0 saturated heterocycles. The average molecular weight is 351 g/mol. The predicted molar refractivity (Wildman–Crippen MR) is 82.0 cm³/mol. The molecule has 0 saturated carbocycles. The summed E-state index contributed by atoms with van der Waals surface area (Å²) in [6.07, 6.45) is 2.40. The van der Waals surface area contributed by atoms with E-state index >= 15 is 0 Å². The van der Waals surface area contributed by atoms with Gasteiger partial charge in [-0.1, -0.05) is 34.1 Å². The maximum Gasteiger partial charge on any atom is 0.328 e. The first-order chi connectivity index (χ1) is 9.97. The van der Waals surface area contributed by atoms with Gasteiger partial charge in [-0.25, -0.2) is 9.18 Å². The van der Waals surface area contributed by atoms with Gasteiger partial charge in [0.25, 0.3) is 0 Å².